The topological polar surface area (TPSA) is 79.6 Å². The lowest BCUT2D eigenvalue weighted by Crippen LogP contribution is -2.18. The number of ether oxygens (including phenoxy) is 2. The smallest absolute Gasteiger partial charge is 0.504 e. The van der Waals surface area contributed by atoms with E-state index in [-0.39, 0.29) is 5.56 Å². The van der Waals surface area contributed by atoms with E-state index in [9.17, 15) is 23.1 Å². The van der Waals surface area contributed by atoms with Gasteiger partial charge in [-0.15, -0.1) is 13.2 Å². The Hall–Kier alpha value is -2.43. The number of hydrogen-bond donors (Lipinski definition) is 1. The number of methoxy groups -OCH3 is 1. The lowest BCUT2D eigenvalue weighted by atomic mass is 10.1. The van der Waals surface area contributed by atoms with E-state index >= 15 is 0 Å². The number of phenols is 1. The highest BCUT2D eigenvalue weighted by molar-refractivity contribution is 5.90. The molecule has 0 aromatic heterocycles. The molecule has 5 nitrogen and oxygen atoms in total. The molecule has 0 aliphatic carbocycles. The Balaban J connectivity index is 3.30. The summed E-state index contributed by atoms with van der Waals surface area (Å²) in [5.74, 6) is -2.94. The highest BCUT2D eigenvalue weighted by atomic mass is 19.4. The zero-order valence-electron chi connectivity index (χ0n) is 8.91. The summed E-state index contributed by atoms with van der Waals surface area (Å²) in [6, 6.07) is 2.93. The molecule has 0 radical (unpaired) electrons. The predicted molar refractivity (Wildman–Crippen MR) is 50.8 cm³/mol. The van der Waals surface area contributed by atoms with Gasteiger partial charge in [0.1, 0.15) is 6.07 Å². The fraction of sp³-hybridized carbons (Fsp3) is 0.200. The minimum absolute atomic E-state index is 0.263. The van der Waals surface area contributed by atoms with Crippen molar-refractivity contribution in [3.05, 3.63) is 23.3 Å². The van der Waals surface area contributed by atoms with Gasteiger partial charge in [0.05, 0.1) is 18.2 Å². The van der Waals surface area contributed by atoms with Crippen LogP contribution in [-0.4, -0.2) is 24.5 Å². The summed E-state index contributed by atoms with van der Waals surface area (Å²) in [7, 11) is 1.05. The highest BCUT2D eigenvalue weighted by Crippen LogP contribution is 2.35. The lowest BCUT2D eigenvalue weighted by Gasteiger charge is -2.12. The maximum absolute atomic E-state index is 12.0. The molecule has 0 heterocycles. The number of carbonyl (C=O) groups is 1. The molecular weight excluding hydrogens is 255 g/mol. The van der Waals surface area contributed by atoms with Crippen LogP contribution in [0.1, 0.15) is 15.9 Å². The van der Waals surface area contributed by atoms with Gasteiger partial charge in [-0.3, -0.25) is 0 Å². The first-order valence-electron chi connectivity index (χ1n) is 4.39. The van der Waals surface area contributed by atoms with E-state index in [1.807, 2.05) is 0 Å². The number of nitrogens with zero attached hydrogens (tertiary/aromatic N) is 1. The fourth-order valence-electron chi connectivity index (χ4n) is 1.16. The zero-order chi connectivity index (χ0) is 13.9. The van der Waals surface area contributed by atoms with Crippen LogP contribution in [0.2, 0.25) is 0 Å². The Bertz CT molecular complexity index is 519. The predicted octanol–water partition coefficient (Wildman–Crippen LogP) is 1.95. The zero-order valence-corrected chi connectivity index (χ0v) is 8.91. The van der Waals surface area contributed by atoms with Crippen LogP contribution in [-0.2, 0) is 4.74 Å². The molecule has 0 bridgehead atoms. The minimum atomic E-state index is -5.06. The van der Waals surface area contributed by atoms with E-state index in [0.29, 0.717) is 6.07 Å². The fourth-order valence-corrected chi connectivity index (χ4v) is 1.16. The molecule has 0 aliphatic rings. The molecule has 96 valence electrons. The number of benzene rings is 1. The first kappa shape index (κ1) is 13.6. The average Bonchev–Trinajstić information content (AvgIpc) is 2.28. The molecule has 0 aliphatic heterocycles. The van der Waals surface area contributed by atoms with Gasteiger partial charge in [-0.25, -0.2) is 4.79 Å². The third-order valence-electron chi connectivity index (χ3n) is 1.83. The molecule has 18 heavy (non-hydrogen) atoms. The summed E-state index contributed by atoms with van der Waals surface area (Å²) < 4.78 is 43.9. The molecule has 0 saturated carbocycles. The molecule has 0 fully saturated rings. The van der Waals surface area contributed by atoms with E-state index in [4.69, 9.17) is 5.26 Å². The molecule has 0 atom stereocenters. The average molecular weight is 261 g/mol. The van der Waals surface area contributed by atoms with Gasteiger partial charge in [0.2, 0.25) is 0 Å². The van der Waals surface area contributed by atoms with Crippen LogP contribution in [0.3, 0.4) is 0 Å². The van der Waals surface area contributed by atoms with Crippen molar-refractivity contribution in [3.8, 4) is 17.6 Å². The first-order valence-corrected chi connectivity index (χ1v) is 4.39. The summed E-state index contributed by atoms with van der Waals surface area (Å²) in [5.41, 5.74) is -0.895. The number of aromatic hydroxyl groups is 1. The second-order valence-electron chi connectivity index (χ2n) is 3.02. The quantitative estimate of drug-likeness (QED) is 0.823. The van der Waals surface area contributed by atoms with Crippen LogP contribution < -0.4 is 4.74 Å². The number of phenolic OH excluding ortho intramolecular Hbond substituents is 1. The maximum atomic E-state index is 12.0. The van der Waals surface area contributed by atoms with Gasteiger partial charge in [0.25, 0.3) is 0 Å². The van der Waals surface area contributed by atoms with E-state index < -0.39 is 29.4 Å². The molecule has 0 spiro atoms. The third-order valence-corrected chi connectivity index (χ3v) is 1.83. The Morgan fingerprint density at radius 1 is 1.44 bits per heavy atom. The summed E-state index contributed by atoms with van der Waals surface area (Å²) in [6.07, 6.45) is -5.06. The van der Waals surface area contributed by atoms with Crippen molar-refractivity contribution < 1.29 is 32.5 Å². The van der Waals surface area contributed by atoms with Gasteiger partial charge >= 0.3 is 12.3 Å². The number of hydrogen-bond acceptors (Lipinski definition) is 5. The first-order chi connectivity index (χ1) is 8.28. The SMILES string of the molecule is COC(=O)c1cc(O)c(OC(F)(F)F)c(C#N)c1. The molecule has 0 amide bonds. The molecule has 1 aromatic rings. The highest BCUT2D eigenvalue weighted by Gasteiger charge is 2.34. The molecule has 1 rings (SSSR count). The largest absolute Gasteiger partial charge is 0.573 e. The van der Waals surface area contributed by atoms with Crippen LogP contribution >= 0.6 is 0 Å². The van der Waals surface area contributed by atoms with Crippen LogP contribution in [0, 0.1) is 11.3 Å². The van der Waals surface area contributed by atoms with Crippen molar-refractivity contribution in [3.63, 3.8) is 0 Å². The van der Waals surface area contributed by atoms with Crippen molar-refractivity contribution in [2.24, 2.45) is 0 Å². The molecule has 1 N–H and O–H groups in total. The molecule has 0 unspecified atom stereocenters. The number of esters is 1. The van der Waals surface area contributed by atoms with Gasteiger partial charge in [0.15, 0.2) is 11.5 Å². The monoisotopic (exact) mass is 261 g/mol. The summed E-state index contributed by atoms with van der Waals surface area (Å²) >= 11 is 0. The van der Waals surface area contributed by atoms with Crippen molar-refractivity contribution >= 4 is 5.97 Å². The van der Waals surface area contributed by atoms with E-state index in [2.05, 4.69) is 9.47 Å². The van der Waals surface area contributed by atoms with E-state index in [0.717, 1.165) is 13.2 Å². The number of halogens is 3. The standard InChI is InChI=1S/C10H6F3NO4/c1-17-9(16)5-2-6(4-14)8(7(15)3-5)18-10(11,12)13/h2-3,15H,1H3. The third kappa shape index (κ3) is 3.04. The van der Waals surface area contributed by atoms with Crippen LogP contribution in [0.4, 0.5) is 13.2 Å². The molecule has 8 heteroatoms. The Labute approximate surface area is 99.0 Å². The second-order valence-corrected chi connectivity index (χ2v) is 3.02. The van der Waals surface area contributed by atoms with Crippen LogP contribution in [0.15, 0.2) is 12.1 Å². The number of rotatable bonds is 2. The van der Waals surface area contributed by atoms with Gasteiger partial charge < -0.3 is 14.6 Å². The maximum Gasteiger partial charge on any atom is 0.573 e. The number of alkyl halides is 3. The Kier molecular flexibility index (Phi) is 3.66. The van der Waals surface area contributed by atoms with Crippen molar-refractivity contribution in [1.29, 1.82) is 5.26 Å². The lowest BCUT2D eigenvalue weighted by molar-refractivity contribution is -0.275. The van der Waals surface area contributed by atoms with Gasteiger partial charge in [-0.05, 0) is 12.1 Å². The summed E-state index contributed by atoms with van der Waals surface area (Å²) in [4.78, 5) is 11.1. The number of nitriles is 1. The van der Waals surface area contributed by atoms with Gasteiger partial charge in [-0.2, -0.15) is 5.26 Å². The Morgan fingerprint density at radius 3 is 2.50 bits per heavy atom. The van der Waals surface area contributed by atoms with Crippen LogP contribution in [0.25, 0.3) is 0 Å². The van der Waals surface area contributed by atoms with E-state index in [1.165, 1.54) is 6.07 Å². The van der Waals surface area contributed by atoms with Gasteiger partial charge in [0, 0.05) is 0 Å². The van der Waals surface area contributed by atoms with Crippen molar-refractivity contribution in [2.75, 3.05) is 7.11 Å². The van der Waals surface area contributed by atoms with Crippen LogP contribution in [0.5, 0.6) is 11.5 Å². The molecular formula is C10H6F3NO4. The van der Waals surface area contributed by atoms with Gasteiger partial charge in [-0.1, -0.05) is 0 Å². The summed E-state index contributed by atoms with van der Waals surface area (Å²) in [6.45, 7) is 0. The summed E-state index contributed by atoms with van der Waals surface area (Å²) in [5, 5.41) is 18.0. The minimum Gasteiger partial charge on any atom is -0.504 e. The molecule has 1 aromatic carbocycles. The van der Waals surface area contributed by atoms with Crippen molar-refractivity contribution in [1.82, 2.24) is 0 Å². The normalized spacial score (nSPS) is 10.6. The van der Waals surface area contributed by atoms with Crippen molar-refractivity contribution in [2.45, 2.75) is 6.36 Å². The molecule has 0 saturated heterocycles. The number of carbonyl (C=O) groups excluding carboxylic acids is 1. The second kappa shape index (κ2) is 4.83. The van der Waals surface area contributed by atoms with E-state index in [1.54, 1.807) is 0 Å². The Morgan fingerprint density at radius 2 is 2.06 bits per heavy atom.